The molecule has 1 heterocycles. The second-order valence-electron chi connectivity index (χ2n) is 4.85. The molecule has 0 aliphatic heterocycles. The summed E-state index contributed by atoms with van der Waals surface area (Å²) >= 11 is 0. The predicted molar refractivity (Wildman–Crippen MR) is 64.6 cm³/mol. The topological polar surface area (TPSA) is 55.9 Å². The van der Waals surface area contributed by atoms with E-state index in [1.54, 1.807) is 0 Å². The van der Waals surface area contributed by atoms with Crippen LogP contribution < -0.4 is 11.3 Å². The molecule has 0 radical (unpaired) electrons. The molecule has 1 aromatic rings. The van der Waals surface area contributed by atoms with Crippen LogP contribution >= 0.6 is 0 Å². The van der Waals surface area contributed by atoms with Crippen molar-refractivity contribution in [1.82, 2.24) is 15.2 Å². The van der Waals surface area contributed by atoms with Gasteiger partial charge in [0.05, 0.1) is 12.2 Å². The van der Waals surface area contributed by atoms with E-state index in [1.165, 1.54) is 43.4 Å². The molecule has 0 saturated heterocycles. The highest BCUT2D eigenvalue weighted by molar-refractivity contribution is 5.21. The molecule has 1 unspecified atom stereocenters. The Morgan fingerprint density at radius 1 is 1.44 bits per heavy atom. The largest absolute Gasteiger partial charge is 0.273 e. The molecule has 1 fully saturated rings. The number of aromatic nitrogens is 2. The lowest BCUT2D eigenvalue weighted by molar-refractivity contribution is 0.273. The van der Waals surface area contributed by atoms with Gasteiger partial charge in [-0.25, -0.2) is 0 Å². The number of hydrazine groups is 1. The molecule has 0 bridgehead atoms. The van der Waals surface area contributed by atoms with E-state index in [9.17, 15) is 0 Å². The lowest BCUT2D eigenvalue weighted by atomic mass is 9.81. The molecule has 1 aliphatic carbocycles. The fraction of sp³-hybridized carbons (Fsp3) is 0.750. The Balaban J connectivity index is 2.18. The van der Waals surface area contributed by atoms with Crippen molar-refractivity contribution < 1.29 is 0 Å². The second-order valence-corrected chi connectivity index (χ2v) is 4.85. The Morgan fingerprint density at radius 3 is 2.62 bits per heavy atom. The number of hydrogen-bond acceptors (Lipinski definition) is 3. The van der Waals surface area contributed by atoms with Gasteiger partial charge in [0, 0.05) is 18.3 Å². The van der Waals surface area contributed by atoms with Gasteiger partial charge in [0.25, 0.3) is 0 Å². The molecule has 1 atom stereocenters. The van der Waals surface area contributed by atoms with Crippen LogP contribution in [0.1, 0.15) is 49.4 Å². The summed E-state index contributed by atoms with van der Waals surface area (Å²) in [6.07, 6.45) is 8.56. The van der Waals surface area contributed by atoms with E-state index in [-0.39, 0.29) is 6.04 Å². The summed E-state index contributed by atoms with van der Waals surface area (Å²) in [5.74, 6) is 6.39. The summed E-state index contributed by atoms with van der Waals surface area (Å²) in [4.78, 5) is 0. The molecule has 0 spiro atoms. The number of hydrogen-bond donors (Lipinski definition) is 2. The number of rotatable bonds is 3. The maximum absolute atomic E-state index is 5.73. The second kappa shape index (κ2) is 4.97. The maximum atomic E-state index is 5.73. The maximum Gasteiger partial charge on any atom is 0.0540 e. The molecule has 1 aliphatic rings. The minimum absolute atomic E-state index is 0.272. The minimum Gasteiger partial charge on any atom is -0.273 e. The summed E-state index contributed by atoms with van der Waals surface area (Å²) < 4.78 is 1.92. The van der Waals surface area contributed by atoms with Gasteiger partial charge >= 0.3 is 0 Å². The highest BCUT2D eigenvalue weighted by Gasteiger charge is 2.26. The average molecular weight is 222 g/mol. The van der Waals surface area contributed by atoms with Crippen LogP contribution in [0.15, 0.2) is 6.20 Å². The monoisotopic (exact) mass is 222 g/mol. The first-order valence-electron chi connectivity index (χ1n) is 6.18. The lowest BCUT2D eigenvalue weighted by Gasteiger charge is -2.29. The van der Waals surface area contributed by atoms with Crippen molar-refractivity contribution in [2.75, 3.05) is 0 Å². The van der Waals surface area contributed by atoms with Gasteiger partial charge in [-0.05, 0) is 25.7 Å². The normalized spacial score (nSPS) is 19.9. The fourth-order valence-corrected chi connectivity index (χ4v) is 2.77. The van der Waals surface area contributed by atoms with Crippen molar-refractivity contribution in [3.05, 3.63) is 17.5 Å². The van der Waals surface area contributed by atoms with E-state index in [2.05, 4.69) is 17.4 Å². The van der Waals surface area contributed by atoms with Crippen molar-refractivity contribution in [3.8, 4) is 0 Å². The van der Waals surface area contributed by atoms with Gasteiger partial charge in [0.2, 0.25) is 0 Å². The van der Waals surface area contributed by atoms with E-state index < -0.39 is 0 Å². The van der Waals surface area contributed by atoms with Gasteiger partial charge in [-0.1, -0.05) is 19.3 Å². The third kappa shape index (κ3) is 2.13. The first-order valence-corrected chi connectivity index (χ1v) is 6.18. The average Bonchev–Trinajstić information content (AvgIpc) is 2.64. The molecule has 4 nitrogen and oxygen atoms in total. The van der Waals surface area contributed by atoms with Crippen LogP contribution in [-0.2, 0) is 7.05 Å². The SMILES string of the molecule is Cc1c(C(NN)C2CCCCC2)cnn1C. The number of nitrogens with zero attached hydrogens (tertiary/aromatic N) is 2. The van der Waals surface area contributed by atoms with Crippen LogP contribution in [0, 0.1) is 12.8 Å². The third-order valence-corrected chi connectivity index (χ3v) is 3.91. The first kappa shape index (κ1) is 11.6. The molecule has 90 valence electrons. The molecule has 0 aromatic carbocycles. The molecule has 1 saturated carbocycles. The van der Waals surface area contributed by atoms with Crippen LogP contribution in [0.5, 0.6) is 0 Å². The third-order valence-electron chi connectivity index (χ3n) is 3.91. The summed E-state index contributed by atoms with van der Waals surface area (Å²) in [7, 11) is 1.98. The van der Waals surface area contributed by atoms with Crippen molar-refractivity contribution >= 4 is 0 Å². The van der Waals surface area contributed by atoms with Gasteiger partial charge < -0.3 is 0 Å². The molecule has 0 amide bonds. The number of nitrogens with one attached hydrogen (secondary N) is 1. The zero-order valence-corrected chi connectivity index (χ0v) is 10.2. The Morgan fingerprint density at radius 2 is 2.12 bits per heavy atom. The number of aryl methyl sites for hydroxylation is 1. The summed E-state index contributed by atoms with van der Waals surface area (Å²) in [5.41, 5.74) is 5.47. The highest BCUT2D eigenvalue weighted by atomic mass is 15.3. The quantitative estimate of drug-likeness (QED) is 0.606. The van der Waals surface area contributed by atoms with Crippen molar-refractivity contribution in [2.45, 2.75) is 45.1 Å². The molecule has 2 rings (SSSR count). The number of nitrogens with two attached hydrogens (primary N) is 1. The van der Waals surface area contributed by atoms with Crippen molar-refractivity contribution in [1.29, 1.82) is 0 Å². The first-order chi connectivity index (χ1) is 7.74. The summed E-state index contributed by atoms with van der Waals surface area (Å²) in [6.45, 7) is 2.11. The Bertz CT molecular complexity index is 339. The summed E-state index contributed by atoms with van der Waals surface area (Å²) in [5, 5.41) is 4.30. The standard InChI is InChI=1S/C12H22N4/c1-9-11(8-14-16(9)2)12(15-13)10-6-4-3-5-7-10/h8,10,12,15H,3-7,13H2,1-2H3. The Labute approximate surface area is 97.2 Å². The fourth-order valence-electron chi connectivity index (χ4n) is 2.77. The smallest absolute Gasteiger partial charge is 0.0540 e. The molecule has 3 N–H and O–H groups in total. The molecule has 16 heavy (non-hydrogen) atoms. The van der Waals surface area contributed by atoms with E-state index in [4.69, 9.17) is 5.84 Å². The Hall–Kier alpha value is -0.870. The van der Waals surface area contributed by atoms with Crippen LogP contribution in [0.3, 0.4) is 0 Å². The van der Waals surface area contributed by atoms with Gasteiger partial charge in [-0.15, -0.1) is 0 Å². The van der Waals surface area contributed by atoms with E-state index in [0.29, 0.717) is 5.92 Å². The van der Waals surface area contributed by atoms with Gasteiger partial charge in [-0.3, -0.25) is 16.0 Å². The zero-order valence-electron chi connectivity index (χ0n) is 10.2. The van der Waals surface area contributed by atoms with E-state index in [0.717, 1.165) is 0 Å². The van der Waals surface area contributed by atoms with Gasteiger partial charge in [0.1, 0.15) is 0 Å². The lowest BCUT2D eigenvalue weighted by Crippen LogP contribution is -2.34. The van der Waals surface area contributed by atoms with Crippen LogP contribution in [-0.4, -0.2) is 9.78 Å². The van der Waals surface area contributed by atoms with Crippen LogP contribution in [0.25, 0.3) is 0 Å². The molecular formula is C12H22N4. The van der Waals surface area contributed by atoms with Crippen LogP contribution in [0.4, 0.5) is 0 Å². The van der Waals surface area contributed by atoms with Gasteiger partial charge in [0.15, 0.2) is 0 Å². The minimum atomic E-state index is 0.272. The highest BCUT2D eigenvalue weighted by Crippen LogP contribution is 2.34. The predicted octanol–water partition coefficient (Wildman–Crippen LogP) is 1.81. The van der Waals surface area contributed by atoms with Crippen molar-refractivity contribution in [2.24, 2.45) is 18.8 Å². The van der Waals surface area contributed by atoms with E-state index in [1.807, 2.05) is 17.9 Å². The zero-order chi connectivity index (χ0) is 11.5. The molecule has 1 aromatic heterocycles. The van der Waals surface area contributed by atoms with E-state index >= 15 is 0 Å². The summed E-state index contributed by atoms with van der Waals surface area (Å²) in [6, 6.07) is 0.272. The van der Waals surface area contributed by atoms with Crippen LogP contribution in [0.2, 0.25) is 0 Å². The Kier molecular flexibility index (Phi) is 3.61. The van der Waals surface area contributed by atoms with Gasteiger partial charge in [-0.2, -0.15) is 5.10 Å². The molecular weight excluding hydrogens is 200 g/mol. The van der Waals surface area contributed by atoms with Crippen molar-refractivity contribution in [3.63, 3.8) is 0 Å². The molecule has 4 heteroatoms.